The molecule has 10 heavy (non-hydrogen) atoms. The normalized spacial score (nSPS) is 18.6. The predicted molar refractivity (Wildman–Crippen MR) is 39.3 cm³/mol. The quantitative estimate of drug-likeness (QED) is 0.485. The summed E-state index contributed by atoms with van der Waals surface area (Å²) in [6.45, 7) is 8.52. The third-order valence-corrected chi connectivity index (χ3v) is 1.62. The maximum Gasteiger partial charge on any atom is 0.219 e. The van der Waals surface area contributed by atoms with E-state index in [4.69, 9.17) is 6.92 Å². The molecule has 54 valence electrons. The molecular formula is C8H11NO. The minimum absolute atomic E-state index is 0.107. The van der Waals surface area contributed by atoms with Gasteiger partial charge in [0.15, 0.2) is 0 Å². The molecule has 0 saturated carbocycles. The van der Waals surface area contributed by atoms with Crippen LogP contribution < -0.4 is 0 Å². The lowest BCUT2D eigenvalue weighted by molar-refractivity contribution is -0.128. The largest absolute Gasteiger partial charge is 0.339 e. The molecule has 0 unspecified atom stereocenters. The number of rotatable bonds is 0. The van der Waals surface area contributed by atoms with Crippen LogP contribution in [0, 0.1) is 6.92 Å². The second-order valence-corrected chi connectivity index (χ2v) is 2.51. The molecule has 0 fully saturated rings. The fourth-order valence-corrected chi connectivity index (χ4v) is 1.04. The van der Waals surface area contributed by atoms with E-state index in [1.807, 2.05) is 6.08 Å². The zero-order valence-corrected chi connectivity index (χ0v) is 6.13. The van der Waals surface area contributed by atoms with Crippen molar-refractivity contribution in [3.8, 4) is 0 Å². The highest BCUT2D eigenvalue weighted by atomic mass is 16.2. The van der Waals surface area contributed by atoms with Crippen LogP contribution in [0.25, 0.3) is 0 Å². The molecule has 2 radical (unpaired) electrons. The molecule has 0 atom stereocenters. The van der Waals surface area contributed by atoms with Crippen LogP contribution in [-0.2, 0) is 4.79 Å². The Morgan fingerprint density at radius 3 is 2.90 bits per heavy atom. The van der Waals surface area contributed by atoms with Crippen LogP contribution in [0.3, 0.4) is 0 Å². The van der Waals surface area contributed by atoms with Gasteiger partial charge in [-0.15, -0.1) is 0 Å². The second kappa shape index (κ2) is 2.86. The first-order chi connectivity index (χ1) is 4.70. The molecule has 0 aliphatic carbocycles. The van der Waals surface area contributed by atoms with Gasteiger partial charge in [0.2, 0.25) is 5.91 Å². The molecule has 0 aromatic rings. The Balaban J connectivity index is 2.53. The zero-order valence-electron chi connectivity index (χ0n) is 6.13. The van der Waals surface area contributed by atoms with E-state index in [2.05, 4.69) is 0 Å². The molecule has 0 N–H and O–H groups in total. The van der Waals surface area contributed by atoms with Crippen LogP contribution in [0.4, 0.5) is 0 Å². The number of carbonyl (C=O) groups excluding carboxylic acids is 1. The molecule has 0 saturated heterocycles. The maximum atomic E-state index is 10.8. The molecule has 0 aromatic heterocycles. The number of hydrogen-bond donors (Lipinski definition) is 0. The summed E-state index contributed by atoms with van der Waals surface area (Å²) < 4.78 is 0. The second-order valence-electron chi connectivity index (χ2n) is 2.51. The van der Waals surface area contributed by atoms with E-state index in [0.717, 1.165) is 18.5 Å². The van der Waals surface area contributed by atoms with Crippen LogP contribution in [0.1, 0.15) is 13.3 Å². The number of nitrogens with zero attached hydrogens (tertiary/aromatic N) is 1. The molecule has 0 bridgehead atoms. The lowest BCUT2D eigenvalue weighted by atomic mass is 10.1. The van der Waals surface area contributed by atoms with Crippen molar-refractivity contribution in [1.29, 1.82) is 0 Å². The molecule has 1 heterocycles. The summed E-state index contributed by atoms with van der Waals surface area (Å²) in [4.78, 5) is 12.5. The minimum atomic E-state index is 0.107. The van der Waals surface area contributed by atoms with E-state index in [-0.39, 0.29) is 5.91 Å². The molecule has 1 rings (SSSR count). The van der Waals surface area contributed by atoms with Crippen LogP contribution >= 0.6 is 0 Å². The van der Waals surface area contributed by atoms with Gasteiger partial charge in [0.25, 0.3) is 0 Å². The highest BCUT2D eigenvalue weighted by Crippen LogP contribution is 2.07. The zero-order chi connectivity index (χ0) is 7.56. The van der Waals surface area contributed by atoms with E-state index < -0.39 is 0 Å². The average molecular weight is 137 g/mol. The molecule has 1 aliphatic heterocycles. The van der Waals surface area contributed by atoms with E-state index in [1.54, 1.807) is 11.8 Å². The molecule has 2 nitrogen and oxygen atoms in total. The van der Waals surface area contributed by atoms with Gasteiger partial charge >= 0.3 is 0 Å². The maximum absolute atomic E-state index is 10.8. The van der Waals surface area contributed by atoms with Crippen molar-refractivity contribution in [2.24, 2.45) is 0 Å². The van der Waals surface area contributed by atoms with Gasteiger partial charge in [0.05, 0.1) is 0 Å². The molecule has 0 aromatic carbocycles. The number of carbonyl (C=O) groups is 1. The summed E-state index contributed by atoms with van der Waals surface area (Å²) in [7, 11) is 0. The topological polar surface area (TPSA) is 20.3 Å². The summed E-state index contributed by atoms with van der Waals surface area (Å²) in [5, 5.41) is 0. The summed E-state index contributed by atoms with van der Waals surface area (Å²) in [6.07, 6.45) is 2.87. The van der Waals surface area contributed by atoms with E-state index in [1.165, 1.54) is 0 Å². The fraction of sp³-hybridized carbons (Fsp3) is 0.500. The van der Waals surface area contributed by atoms with Gasteiger partial charge in [-0.2, -0.15) is 0 Å². The van der Waals surface area contributed by atoms with Crippen molar-refractivity contribution in [2.75, 3.05) is 13.1 Å². The van der Waals surface area contributed by atoms with Crippen LogP contribution in [0.2, 0.25) is 0 Å². The van der Waals surface area contributed by atoms with Gasteiger partial charge in [0, 0.05) is 20.0 Å². The fourth-order valence-electron chi connectivity index (χ4n) is 1.04. The Labute approximate surface area is 61.5 Å². The average Bonchev–Trinajstić information content (AvgIpc) is 1.88. The highest BCUT2D eigenvalue weighted by Gasteiger charge is 2.11. The van der Waals surface area contributed by atoms with Gasteiger partial charge in [-0.05, 0) is 13.3 Å². The Kier molecular flexibility index (Phi) is 2.10. The van der Waals surface area contributed by atoms with Crippen molar-refractivity contribution in [2.45, 2.75) is 13.3 Å². The van der Waals surface area contributed by atoms with Gasteiger partial charge in [0.1, 0.15) is 0 Å². The van der Waals surface area contributed by atoms with Gasteiger partial charge in [-0.1, -0.05) is 11.6 Å². The molecule has 1 amide bonds. The van der Waals surface area contributed by atoms with Crippen molar-refractivity contribution >= 4 is 5.91 Å². The standard InChI is InChI=1S/C8H11NO/c1-7-4-3-5-9(6-7)8(2)10/h1,4H,3,5-6H2,2H3. The molecular weight excluding hydrogens is 126 g/mol. The van der Waals surface area contributed by atoms with Crippen LogP contribution in [0.5, 0.6) is 0 Å². The lowest BCUT2D eigenvalue weighted by Gasteiger charge is -2.24. The first-order valence-corrected chi connectivity index (χ1v) is 3.40. The molecule has 0 spiro atoms. The summed E-state index contributed by atoms with van der Waals surface area (Å²) >= 11 is 0. The number of hydrogen-bond acceptors (Lipinski definition) is 1. The smallest absolute Gasteiger partial charge is 0.219 e. The first kappa shape index (κ1) is 7.32. The van der Waals surface area contributed by atoms with Gasteiger partial charge in [-0.3, -0.25) is 4.79 Å². The third kappa shape index (κ3) is 1.59. The Morgan fingerprint density at radius 1 is 1.80 bits per heavy atom. The Bertz CT molecular complexity index is 172. The van der Waals surface area contributed by atoms with Gasteiger partial charge < -0.3 is 4.90 Å². The summed E-state index contributed by atoms with van der Waals surface area (Å²) in [6, 6.07) is 0. The Morgan fingerprint density at radius 2 is 2.50 bits per heavy atom. The molecule has 2 heteroatoms. The monoisotopic (exact) mass is 137 g/mol. The SMILES string of the molecule is [CH]C1=CCCN(C(C)=O)C1. The van der Waals surface area contributed by atoms with Gasteiger partial charge in [-0.25, -0.2) is 0 Å². The number of amides is 1. The third-order valence-electron chi connectivity index (χ3n) is 1.62. The lowest BCUT2D eigenvalue weighted by Crippen LogP contribution is -2.33. The molecule has 1 aliphatic rings. The van der Waals surface area contributed by atoms with E-state index in [0.29, 0.717) is 6.54 Å². The first-order valence-electron chi connectivity index (χ1n) is 3.40. The summed E-state index contributed by atoms with van der Waals surface area (Å²) in [5.41, 5.74) is 0.807. The van der Waals surface area contributed by atoms with Crippen molar-refractivity contribution in [3.05, 3.63) is 18.6 Å². The minimum Gasteiger partial charge on any atom is -0.339 e. The predicted octanol–water partition coefficient (Wildman–Crippen LogP) is 0.876. The highest BCUT2D eigenvalue weighted by molar-refractivity contribution is 5.73. The van der Waals surface area contributed by atoms with Crippen LogP contribution in [0.15, 0.2) is 11.6 Å². The summed E-state index contributed by atoms with van der Waals surface area (Å²) in [5.74, 6) is 0.107. The van der Waals surface area contributed by atoms with E-state index in [9.17, 15) is 4.79 Å². The van der Waals surface area contributed by atoms with Crippen molar-refractivity contribution in [1.82, 2.24) is 4.90 Å². The Hall–Kier alpha value is -0.790. The van der Waals surface area contributed by atoms with Crippen molar-refractivity contribution < 1.29 is 4.79 Å². The van der Waals surface area contributed by atoms with E-state index >= 15 is 0 Å². The van der Waals surface area contributed by atoms with Crippen LogP contribution in [-0.4, -0.2) is 23.9 Å². The van der Waals surface area contributed by atoms with Crippen molar-refractivity contribution in [3.63, 3.8) is 0 Å².